The molecule has 34 heavy (non-hydrogen) atoms. The van der Waals surface area contributed by atoms with Gasteiger partial charge in [0.2, 0.25) is 11.1 Å². The minimum Gasteiger partial charge on any atom is -0.394 e. The molecule has 1 saturated heterocycles. The highest BCUT2D eigenvalue weighted by Gasteiger charge is 2.46. The highest BCUT2D eigenvalue weighted by atomic mass is 32.2. The van der Waals surface area contributed by atoms with E-state index in [2.05, 4.69) is 20.5 Å². The molecule has 0 bridgehead atoms. The van der Waals surface area contributed by atoms with E-state index in [0.29, 0.717) is 12.1 Å². The van der Waals surface area contributed by atoms with Crippen molar-refractivity contribution in [1.29, 1.82) is 5.26 Å². The largest absolute Gasteiger partial charge is 0.394 e. The summed E-state index contributed by atoms with van der Waals surface area (Å²) in [5.41, 5.74) is -2.38. The van der Waals surface area contributed by atoms with E-state index in [1.165, 1.54) is 6.20 Å². The van der Waals surface area contributed by atoms with E-state index in [0.717, 1.165) is 22.5 Å². The van der Waals surface area contributed by atoms with Gasteiger partial charge in [-0.1, -0.05) is 17.0 Å². The first kappa shape index (κ1) is 23.9. The third-order valence-electron chi connectivity index (χ3n) is 5.07. The van der Waals surface area contributed by atoms with Gasteiger partial charge in [-0.05, 0) is 12.1 Å². The van der Waals surface area contributed by atoms with Crippen molar-refractivity contribution in [2.45, 2.75) is 34.8 Å². The fraction of sp³-hybridized carbons (Fsp3) is 0.316. The first-order valence-electron chi connectivity index (χ1n) is 9.59. The number of halogens is 3. The molecule has 178 valence electrons. The third-order valence-corrected chi connectivity index (χ3v) is 6.15. The Hall–Kier alpha value is -3.29. The van der Waals surface area contributed by atoms with E-state index in [1.54, 1.807) is 6.07 Å². The molecule has 1 aliphatic heterocycles. The summed E-state index contributed by atoms with van der Waals surface area (Å²) in [6.45, 7) is -0.639. The van der Waals surface area contributed by atoms with Crippen molar-refractivity contribution in [1.82, 2.24) is 25.2 Å². The minimum absolute atomic E-state index is 0.0749. The SMILES string of the molecule is N#Cc1n[nH]c(S[C@H]2OC(CO)[C@H](O)[C@H](n3cc(-c4cc(F)c(F)c(F)c4)nn3)C2O)cc1=O. The number of H-pyrrole nitrogens is 1. The Balaban J connectivity index is 1.64. The molecule has 1 fully saturated rings. The molecule has 1 aliphatic rings. The van der Waals surface area contributed by atoms with Gasteiger partial charge in [0.25, 0.3) is 0 Å². The summed E-state index contributed by atoms with van der Waals surface area (Å²) < 4.78 is 47.0. The Bertz CT molecular complexity index is 1290. The number of ether oxygens (including phenoxy) is 1. The lowest BCUT2D eigenvalue weighted by Gasteiger charge is -2.41. The molecular formula is C19H15F3N6O5S. The second-order valence-corrected chi connectivity index (χ2v) is 8.35. The fourth-order valence-electron chi connectivity index (χ4n) is 3.39. The van der Waals surface area contributed by atoms with E-state index < -0.39 is 59.3 Å². The van der Waals surface area contributed by atoms with Crippen LogP contribution in [0.2, 0.25) is 0 Å². The topological polar surface area (TPSA) is 170 Å². The van der Waals surface area contributed by atoms with Gasteiger partial charge in [-0.2, -0.15) is 10.4 Å². The average molecular weight is 496 g/mol. The van der Waals surface area contributed by atoms with Crippen LogP contribution in [0, 0.1) is 28.8 Å². The van der Waals surface area contributed by atoms with Crippen LogP contribution in [0.1, 0.15) is 11.7 Å². The predicted molar refractivity (Wildman–Crippen MR) is 108 cm³/mol. The molecule has 2 unspecified atom stereocenters. The minimum atomic E-state index is -1.65. The number of rotatable bonds is 5. The zero-order valence-corrected chi connectivity index (χ0v) is 17.7. The van der Waals surface area contributed by atoms with Crippen LogP contribution in [0.4, 0.5) is 13.2 Å². The highest BCUT2D eigenvalue weighted by Crippen LogP contribution is 2.37. The van der Waals surface area contributed by atoms with Crippen molar-refractivity contribution < 1.29 is 33.2 Å². The molecule has 3 heterocycles. The van der Waals surface area contributed by atoms with Gasteiger partial charge in [-0.25, -0.2) is 17.9 Å². The second kappa shape index (κ2) is 9.52. The summed E-state index contributed by atoms with van der Waals surface area (Å²) in [6, 6.07) is 2.88. The standard InChI is InChI=1S/C19H15F3N6O5S/c20-8-1-7(2-9(21)15(8)22)11-5-28(27-25-11)16-17(31)13(6-29)33-19(18(16)32)34-14-3-12(30)10(4-23)24-26-14/h1-3,5,13,16-19,29,31-32H,6H2,(H,26,30)/t13?,16-,17-,18?,19+/m0/s1. The van der Waals surface area contributed by atoms with Crippen LogP contribution in [0.15, 0.2) is 34.2 Å². The number of nitrogens with zero attached hydrogens (tertiary/aromatic N) is 5. The Morgan fingerprint density at radius 2 is 1.91 bits per heavy atom. The van der Waals surface area contributed by atoms with Gasteiger partial charge < -0.3 is 20.1 Å². The molecular weight excluding hydrogens is 481 g/mol. The Kier molecular flexibility index (Phi) is 6.68. The lowest BCUT2D eigenvalue weighted by molar-refractivity contribution is -0.178. The van der Waals surface area contributed by atoms with E-state index in [1.807, 2.05) is 0 Å². The maximum Gasteiger partial charge on any atom is 0.219 e. The van der Waals surface area contributed by atoms with Crippen LogP contribution in [0.5, 0.6) is 0 Å². The third kappa shape index (κ3) is 4.41. The monoisotopic (exact) mass is 496 g/mol. The molecule has 4 N–H and O–H groups in total. The summed E-state index contributed by atoms with van der Waals surface area (Å²) in [6.07, 6.45) is -2.97. The summed E-state index contributed by atoms with van der Waals surface area (Å²) >= 11 is 0.810. The molecule has 11 nitrogen and oxygen atoms in total. The predicted octanol–water partition coefficient (Wildman–Crippen LogP) is 0.0898. The number of hydrogen-bond donors (Lipinski definition) is 4. The second-order valence-electron chi connectivity index (χ2n) is 7.21. The van der Waals surface area contributed by atoms with Gasteiger partial charge in [-0.15, -0.1) is 5.10 Å². The van der Waals surface area contributed by atoms with Crippen molar-refractivity contribution >= 4 is 11.8 Å². The highest BCUT2D eigenvalue weighted by molar-refractivity contribution is 7.99. The Morgan fingerprint density at radius 1 is 1.21 bits per heavy atom. The molecule has 4 rings (SSSR count). The van der Waals surface area contributed by atoms with Crippen LogP contribution in [-0.2, 0) is 4.74 Å². The van der Waals surface area contributed by atoms with Gasteiger partial charge in [0.1, 0.15) is 41.6 Å². The van der Waals surface area contributed by atoms with Crippen molar-refractivity contribution in [3.63, 3.8) is 0 Å². The fourth-order valence-corrected chi connectivity index (χ4v) is 4.41. The summed E-state index contributed by atoms with van der Waals surface area (Å²) in [7, 11) is 0. The van der Waals surface area contributed by atoms with Crippen molar-refractivity contribution in [3.8, 4) is 17.3 Å². The molecule has 2 aromatic heterocycles. The van der Waals surface area contributed by atoms with E-state index >= 15 is 0 Å². The average Bonchev–Trinajstić information content (AvgIpc) is 3.29. The zero-order chi connectivity index (χ0) is 24.6. The van der Waals surface area contributed by atoms with Crippen LogP contribution in [-0.4, -0.2) is 70.9 Å². The number of thioether (sulfide) groups is 1. The lowest BCUT2D eigenvalue weighted by atomic mass is 9.97. The molecule has 0 saturated carbocycles. The van der Waals surface area contributed by atoms with Gasteiger partial charge in [0.15, 0.2) is 17.5 Å². The molecule has 0 radical (unpaired) electrons. The van der Waals surface area contributed by atoms with Crippen molar-refractivity contribution in [3.05, 3.63) is 57.8 Å². The molecule has 0 spiro atoms. The number of nitrogens with one attached hydrogen (secondary N) is 1. The first-order valence-corrected chi connectivity index (χ1v) is 10.5. The Labute approximate surface area is 192 Å². The van der Waals surface area contributed by atoms with Gasteiger partial charge >= 0.3 is 0 Å². The molecule has 0 amide bonds. The van der Waals surface area contributed by atoms with Crippen molar-refractivity contribution in [2.75, 3.05) is 6.61 Å². The number of aliphatic hydroxyl groups is 3. The molecule has 1 aromatic carbocycles. The quantitative estimate of drug-likeness (QED) is 0.355. The number of aliphatic hydroxyl groups excluding tert-OH is 3. The first-order chi connectivity index (χ1) is 16.2. The van der Waals surface area contributed by atoms with Crippen LogP contribution < -0.4 is 5.43 Å². The van der Waals surface area contributed by atoms with Crippen LogP contribution in [0.25, 0.3) is 11.3 Å². The molecule has 15 heteroatoms. The van der Waals surface area contributed by atoms with Gasteiger partial charge in [0, 0.05) is 11.6 Å². The number of nitriles is 1. The molecule has 0 aliphatic carbocycles. The van der Waals surface area contributed by atoms with Gasteiger partial charge in [0.05, 0.1) is 17.8 Å². The lowest BCUT2D eigenvalue weighted by Crippen LogP contribution is -2.55. The smallest absolute Gasteiger partial charge is 0.219 e. The van der Waals surface area contributed by atoms with E-state index in [-0.39, 0.29) is 22.0 Å². The number of benzene rings is 1. The maximum absolute atomic E-state index is 13.6. The molecule has 5 atom stereocenters. The van der Waals surface area contributed by atoms with E-state index in [4.69, 9.17) is 10.00 Å². The normalized spacial score (nSPS) is 24.7. The van der Waals surface area contributed by atoms with Crippen LogP contribution >= 0.6 is 11.8 Å². The summed E-state index contributed by atoms with van der Waals surface area (Å²) in [5, 5.41) is 53.8. The van der Waals surface area contributed by atoms with Crippen LogP contribution in [0.3, 0.4) is 0 Å². The Morgan fingerprint density at radius 3 is 2.53 bits per heavy atom. The summed E-state index contributed by atoms with van der Waals surface area (Å²) in [5.74, 6) is -4.51. The van der Waals surface area contributed by atoms with E-state index in [9.17, 15) is 33.3 Å². The van der Waals surface area contributed by atoms with Gasteiger partial charge in [-0.3, -0.25) is 9.89 Å². The number of aromatic nitrogens is 5. The number of aromatic amines is 1. The summed E-state index contributed by atoms with van der Waals surface area (Å²) in [4.78, 5) is 11.9. The number of hydrogen-bond acceptors (Lipinski definition) is 10. The zero-order valence-electron chi connectivity index (χ0n) is 16.8. The maximum atomic E-state index is 13.6. The molecule has 3 aromatic rings. The van der Waals surface area contributed by atoms with Crippen molar-refractivity contribution in [2.24, 2.45) is 0 Å².